The summed E-state index contributed by atoms with van der Waals surface area (Å²) in [5.41, 5.74) is 0. The minimum absolute atomic E-state index is 0.132. The number of carboxylic acids is 1. The van der Waals surface area contributed by atoms with Gasteiger partial charge in [0.25, 0.3) is 0 Å². The minimum Gasteiger partial charge on any atom is -0.480 e. The molecule has 0 saturated carbocycles. The highest BCUT2D eigenvalue weighted by Crippen LogP contribution is 2.23. The van der Waals surface area contributed by atoms with E-state index >= 15 is 0 Å². The summed E-state index contributed by atoms with van der Waals surface area (Å²) in [5.74, 6) is -0.558. The number of urea groups is 1. The van der Waals surface area contributed by atoms with E-state index in [1.54, 1.807) is 9.80 Å². The van der Waals surface area contributed by atoms with Gasteiger partial charge in [-0.3, -0.25) is 0 Å². The van der Waals surface area contributed by atoms with Crippen molar-refractivity contribution in [3.05, 3.63) is 0 Å². The highest BCUT2D eigenvalue weighted by Gasteiger charge is 2.34. The second-order valence-electron chi connectivity index (χ2n) is 6.15. The molecule has 0 aromatic rings. The fourth-order valence-electron chi connectivity index (χ4n) is 3.43. The Morgan fingerprint density at radius 3 is 2.57 bits per heavy atom. The molecule has 21 heavy (non-hydrogen) atoms. The van der Waals surface area contributed by atoms with E-state index in [1.165, 1.54) is 0 Å². The summed E-state index contributed by atoms with van der Waals surface area (Å²) in [6, 6.07) is -0.815. The van der Waals surface area contributed by atoms with Crippen LogP contribution in [0.25, 0.3) is 0 Å². The highest BCUT2D eigenvalue weighted by atomic mass is 16.4. The minimum atomic E-state index is -0.894. The van der Waals surface area contributed by atoms with Crippen molar-refractivity contribution in [3.63, 3.8) is 0 Å². The van der Waals surface area contributed by atoms with Crippen molar-refractivity contribution in [2.24, 2.45) is 5.92 Å². The van der Waals surface area contributed by atoms with Gasteiger partial charge in [0.15, 0.2) is 0 Å². The van der Waals surface area contributed by atoms with Crippen LogP contribution in [0.3, 0.4) is 0 Å². The first kappa shape index (κ1) is 16.1. The van der Waals surface area contributed by atoms with Gasteiger partial charge >= 0.3 is 12.0 Å². The number of piperidine rings is 1. The molecular weight excluding hydrogens is 272 g/mol. The summed E-state index contributed by atoms with van der Waals surface area (Å²) in [4.78, 5) is 27.5. The predicted molar refractivity (Wildman–Crippen MR) is 78.0 cm³/mol. The Hall–Kier alpha value is -1.30. The molecule has 2 heterocycles. The lowest BCUT2D eigenvalue weighted by molar-refractivity contribution is -0.142. The van der Waals surface area contributed by atoms with Crippen molar-refractivity contribution in [1.82, 2.24) is 9.80 Å². The van der Waals surface area contributed by atoms with Crippen molar-refractivity contribution < 1.29 is 19.8 Å². The molecule has 0 bridgehead atoms. The number of amides is 2. The number of likely N-dealkylation sites (tertiary alicyclic amines) is 2. The molecule has 6 heteroatoms. The van der Waals surface area contributed by atoms with E-state index in [9.17, 15) is 14.7 Å². The molecule has 2 saturated heterocycles. The third-order valence-corrected chi connectivity index (χ3v) is 4.61. The molecule has 0 aromatic heterocycles. The monoisotopic (exact) mass is 298 g/mol. The van der Waals surface area contributed by atoms with E-state index in [0.717, 1.165) is 32.1 Å². The standard InChI is InChI=1S/C15H26N2O4/c18-10-7-12-5-4-8-16(11-12)15(21)17-9-3-1-2-6-13(17)14(19)20/h12-13,18H,1-11H2,(H,19,20). The summed E-state index contributed by atoms with van der Waals surface area (Å²) in [6.45, 7) is 2.02. The molecule has 2 atom stereocenters. The normalized spacial score (nSPS) is 27.3. The van der Waals surface area contributed by atoms with Crippen LogP contribution < -0.4 is 0 Å². The van der Waals surface area contributed by atoms with Crippen LogP contribution in [0.2, 0.25) is 0 Å². The lowest BCUT2D eigenvalue weighted by Crippen LogP contribution is -2.53. The zero-order valence-corrected chi connectivity index (χ0v) is 12.5. The highest BCUT2D eigenvalue weighted by molar-refractivity contribution is 5.82. The molecule has 120 valence electrons. The van der Waals surface area contributed by atoms with Crippen LogP contribution in [-0.4, -0.2) is 64.3 Å². The number of aliphatic hydroxyl groups excluding tert-OH is 1. The van der Waals surface area contributed by atoms with E-state index in [-0.39, 0.29) is 12.6 Å². The molecule has 0 aliphatic carbocycles. The van der Waals surface area contributed by atoms with Gasteiger partial charge in [-0.15, -0.1) is 0 Å². The van der Waals surface area contributed by atoms with Gasteiger partial charge in [0.1, 0.15) is 6.04 Å². The molecule has 2 aliphatic rings. The van der Waals surface area contributed by atoms with Gasteiger partial charge in [-0.2, -0.15) is 0 Å². The molecule has 6 nitrogen and oxygen atoms in total. The topological polar surface area (TPSA) is 81.1 Å². The summed E-state index contributed by atoms with van der Waals surface area (Å²) < 4.78 is 0. The quantitative estimate of drug-likeness (QED) is 0.828. The van der Waals surface area contributed by atoms with Crippen LogP contribution in [-0.2, 0) is 4.79 Å². The Bertz CT molecular complexity index is 373. The van der Waals surface area contributed by atoms with E-state index in [2.05, 4.69) is 0 Å². The first-order valence-electron chi connectivity index (χ1n) is 8.02. The van der Waals surface area contributed by atoms with E-state index in [1.807, 2.05) is 0 Å². The number of carbonyl (C=O) groups excluding carboxylic acids is 1. The molecule has 2 aliphatic heterocycles. The Morgan fingerprint density at radius 2 is 1.86 bits per heavy atom. The molecule has 0 radical (unpaired) electrons. The summed E-state index contributed by atoms with van der Waals surface area (Å²) in [7, 11) is 0. The van der Waals surface area contributed by atoms with Gasteiger partial charge < -0.3 is 20.0 Å². The third-order valence-electron chi connectivity index (χ3n) is 4.61. The smallest absolute Gasteiger partial charge is 0.326 e. The van der Waals surface area contributed by atoms with Gasteiger partial charge in [0, 0.05) is 26.2 Å². The van der Waals surface area contributed by atoms with Crippen LogP contribution in [0.4, 0.5) is 4.79 Å². The predicted octanol–water partition coefficient (Wildman–Crippen LogP) is 1.53. The van der Waals surface area contributed by atoms with Gasteiger partial charge in [-0.05, 0) is 38.0 Å². The number of hydrogen-bond donors (Lipinski definition) is 2. The average Bonchev–Trinajstić information content (AvgIpc) is 2.73. The average molecular weight is 298 g/mol. The van der Waals surface area contributed by atoms with Gasteiger partial charge in [0.05, 0.1) is 0 Å². The molecular formula is C15H26N2O4. The van der Waals surface area contributed by atoms with Gasteiger partial charge in [-0.25, -0.2) is 9.59 Å². The number of rotatable bonds is 3. The van der Waals surface area contributed by atoms with E-state index in [0.29, 0.717) is 38.4 Å². The summed E-state index contributed by atoms with van der Waals surface area (Å²) in [5, 5.41) is 18.4. The molecule has 0 spiro atoms. The molecule has 2 amide bonds. The van der Waals surface area contributed by atoms with E-state index < -0.39 is 12.0 Å². The fourth-order valence-corrected chi connectivity index (χ4v) is 3.43. The van der Waals surface area contributed by atoms with Crippen LogP contribution in [0.15, 0.2) is 0 Å². The lowest BCUT2D eigenvalue weighted by atomic mass is 9.95. The Labute approximate surface area is 125 Å². The summed E-state index contributed by atoms with van der Waals surface area (Å²) >= 11 is 0. The maximum Gasteiger partial charge on any atom is 0.326 e. The number of aliphatic hydroxyl groups is 1. The fraction of sp³-hybridized carbons (Fsp3) is 0.867. The first-order chi connectivity index (χ1) is 10.1. The lowest BCUT2D eigenvalue weighted by Gasteiger charge is -2.37. The van der Waals surface area contributed by atoms with Crippen molar-refractivity contribution in [2.75, 3.05) is 26.2 Å². The van der Waals surface area contributed by atoms with Crippen LogP contribution >= 0.6 is 0 Å². The Kier molecular flexibility index (Phi) is 5.85. The second kappa shape index (κ2) is 7.64. The molecule has 2 N–H and O–H groups in total. The molecule has 2 rings (SSSR count). The van der Waals surface area contributed by atoms with E-state index in [4.69, 9.17) is 5.11 Å². The third kappa shape index (κ3) is 4.09. The first-order valence-corrected chi connectivity index (χ1v) is 8.02. The van der Waals surface area contributed by atoms with Gasteiger partial charge in [0.2, 0.25) is 0 Å². The second-order valence-corrected chi connectivity index (χ2v) is 6.15. The molecule has 0 aromatic carbocycles. The van der Waals surface area contributed by atoms with Crippen molar-refractivity contribution in [1.29, 1.82) is 0 Å². The zero-order chi connectivity index (χ0) is 15.2. The molecule has 2 fully saturated rings. The van der Waals surface area contributed by atoms with Crippen molar-refractivity contribution in [3.8, 4) is 0 Å². The van der Waals surface area contributed by atoms with Crippen molar-refractivity contribution >= 4 is 12.0 Å². The maximum absolute atomic E-state index is 12.7. The number of hydrogen-bond acceptors (Lipinski definition) is 3. The van der Waals surface area contributed by atoms with Crippen LogP contribution in [0.5, 0.6) is 0 Å². The molecule has 2 unspecified atom stereocenters. The van der Waals surface area contributed by atoms with Crippen LogP contribution in [0, 0.1) is 5.92 Å². The van der Waals surface area contributed by atoms with Crippen molar-refractivity contribution in [2.45, 2.75) is 51.0 Å². The van der Waals surface area contributed by atoms with Crippen LogP contribution in [0.1, 0.15) is 44.9 Å². The zero-order valence-electron chi connectivity index (χ0n) is 12.5. The number of aliphatic carboxylic acids is 1. The summed E-state index contributed by atoms with van der Waals surface area (Å²) in [6.07, 6.45) is 5.97. The Balaban J connectivity index is 2.03. The largest absolute Gasteiger partial charge is 0.480 e. The Morgan fingerprint density at radius 1 is 1.05 bits per heavy atom. The SMILES string of the molecule is O=C(O)C1CCCCCN1C(=O)N1CCCC(CCO)C1. The maximum atomic E-state index is 12.7. The van der Waals surface area contributed by atoms with Gasteiger partial charge in [-0.1, -0.05) is 12.8 Å². The number of carboxylic acid groups (broad SMARTS) is 1. The number of nitrogens with zero attached hydrogens (tertiary/aromatic N) is 2. The number of carbonyl (C=O) groups is 2.